The topological polar surface area (TPSA) is 72.6 Å². The molecule has 2 rings (SSSR count). The molecule has 2 N–H and O–H groups in total. The van der Waals surface area contributed by atoms with Gasteiger partial charge < -0.3 is 10.5 Å². The summed E-state index contributed by atoms with van der Waals surface area (Å²) in [5.74, 6) is 0. The van der Waals surface area contributed by atoms with E-state index in [9.17, 15) is 8.42 Å². The van der Waals surface area contributed by atoms with Gasteiger partial charge in [0.25, 0.3) is 0 Å². The molecule has 0 aliphatic carbocycles. The monoisotopic (exact) mass is 270 g/mol. The summed E-state index contributed by atoms with van der Waals surface area (Å²) >= 11 is 0. The lowest BCUT2D eigenvalue weighted by Gasteiger charge is -2.19. The summed E-state index contributed by atoms with van der Waals surface area (Å²) in [6.07, 6.45) is 0.723. The van der Waals surface area contributed by atoms with Crippen molar-refractivity contribution >= 4 is 15.7 Å². The summed E-state index contributed by atoms with van der Waals surface area (Å²) < 4.78 is 31.7. The summed E-state index contributed by atoms with van der Waals surface area (Å²) in [6.45, 7) is 3.79. The van der Waals surface area contributed by atoms with Crippen molar-refractivity contribution in [1.29, 1.82) is 0 Å². The van der Waals surface area contributed by atoms with E-state index in [1.165, 1.54) is 10.4 Å². The zero-order valence-corrected chi connectivity index (χ0v) is 11.2. The Morgan fingerprint density at radius 1 is 1.22 bits per heavy atom. The quantitative estimate of drug-likeness (QED) is 0.813. The van der Waals surface area contributed by atoms with Crippen molar-refractivity contribution in [3.8, 4) is 0 Å². The molecule has 0 aromatic heterocycles. The van der Waals surface area contributed by atoms with Gasteiger partial charge >= 0.3 is 0 Å². The van der Waals surface area contributed by atoms with E-state index >= 15 is 0 Å². The maximum absolute atomic E-state index is 12.5. The molecule has 1 saturated heterocycles. The van der Waals surface area contributed by atoms with Gasteiger partial charge in [0.15, 0.2) is 0 Å². The molecule has 0 saturated carbocycles. The minimum atomic E-state index is -3.46. The van der Waals surface area contributed by atoms with Crippen LogP contribution in [0, 0.1) is 6.92 Å². The lowest BCUT2D eigenvalue weighted by atomic mass is 10.2. The standard InChI is InChI=1S/C12H18N2O3S/c1-10-7-11(13)9-12(8-10)18(15,16)14-3-2-5-17-6-4-14/h7-9H,2-6,13H2,1H3. The number of ether oxygens (including phenoxy) is 1. The molecule has 6 heteroatoms. The molecular weight excluding hydrogens is 252 g/mol. The Kier molecular flexibility index (Phi) is 3.89. The van der Waals surface area contributed by atoms with Gasteiger partial charge in [0.2, 0.25) is 10.0 Å². The smallest absolute Gasteiger partial charge is 0.243 e. The number of rotatable bonds is 2. The van der Waals surface area contributed by atoms with Gasteiger partial charge in [0, 0.05) is 25.4 Å². The van der Waals surface area contributed by atoms with Crippen LogP contribution < -0.4 is 5.73 Å². The first-order valence-corrected chi connectivity index (χ1v) is 7.39. The van der Waals surface area contributed by atoms with Crippen LogP contribution in [0.15, 0.2) is 23.1 Å². The number of anilines is 1. The normalized spacial score (nSPS) is 18.5. The Morgan fingerprint density at radius 3 is 2.72 bits per heavy atom. The van der Waals surface area contributed by atoms with Crippen molar-refractivity contribution in [3.05, 3.63) is 23.8 Å². The van der Waals surface area contributed by atoms with Gasteiger partial charge in [-0.3, -0.25) is 0 Å². The van der Waals surface area contributed by atoms with Gasteiger partial charge in [-0.1, -0.05) is 0 Å². The fourth-order valence-corrected chi connectivity index (χ4v) is 3.64. The summed E-state index contributed by atoms with van der Waals surface area (Å²) in [7, 11) is -3.46. The van der Waals surface area contributed by atoms with Gasteiger partial charge in [-0.15, -0.1) is 0 Å². The van der Waals surface area contributed by atoms with Crippen molar-refractivity contribution in [2.45, 2.75) is 18.2 Å². The van der Waals surface area contributed by atoms with E-state index in [0.717, 1.165) is 12.0 Å². The second-order valence-corrected chi connectivity index (χ2v) is 6.39. The summed E-state index contributed by atoms with van der Waals surface area (Å²) in [6, 6.07) is 4.91. The molecule has 1 aromatic rings. The molecule has 0 atom stereocenters. The van der Waals surface area contributed by atoms with E-state index in [2.05, 4.69) is 0 Å². The van der Waals surface area contributed by atoms with Crippen LogP contribution in [0.25, 0.3) is 0 Å². The molecule has 1 aliphatic rings. The highest BCUT2D eigenvalue weighted by atomic mass is 32.2. The Balaban J connectivity index is 2.34. The summed E-state index contributed by atoms with van der Waals surface area (Å²) in [4.78, 5) is 0.266. The zero-order valence-electron chi connectivity index (χ0n) is 10.4. The van der Waals surface area contributed by atoms with Gasteiger partial charge in [0.05, 0.1) is 11.5 Å². The number of nitrogens with two attached hydrogens (primary N) is 1. The van der Waals surface area contributed by atoms with Crippen LogP contribution in [0.2, 0.25) is 0 Å². The predicted octanol–water partition coefficient (Wildman–Crippen LogP) is 0.988. The van der Waals surface area contributed by atoms with Crippen LogP contribution in [-0.2, 0) is 14.8 Å². The molecule has 0 bridgehead atoms. The van der Waals surface area contributed by atoms with E-state index in [1.54, 1.807) is 12.1 Å². The number of aryl methyl sites for hydroxylation is 1. The molecule has 5 nitrogen and oxygen atoms in total. The molecule has 18 heavy (non-hydrogen) atoms. The largest absolute Gasteiger partial charge is 0.399 e. The maximum atomic E-state index is 12.5. The van der Waals surface area contributed by atoms with Crippen LogP contribution in [0.5, 0.6) is 0 Å². The van der Waals surface area contributed by atoms with Gasteiger partial charge in [0.1, 0.15) is 0 Å². The number of nitrogen functional groups attached to an aromatic ring is 1. The molecule has 1 fully saturated rings. The number of nitrogens with zero attached hydrogens (tertiary/aromatic N) is 1. The van der Waals surface area contributed by atoms with Crippen LogP contribution in [0.3, 0.4) is 0 Å². The van der Waals surface area contributed by atoms with Crippen molar-refractivity contribution in [1.82, 2.24) is 4.31 Å². The Hall–Kier alpha value is -1.11. The third kappa shape index (κ3) is 2.82. The molecule has 0 spiro atoms. The zero-order chi connectivity index (χ0) is 13.2. The SMILES string of the molecule is Cc1cc(N)cc(S(=O)(=O)N2CCCOCC2)c1. The highest BCUT2D eigenvalue weighted by Gasteiger charge is 2.25. The molecule has 100 valence electrons. The minimum absolute atomic E-state index is 0.266. The fourth-order valence-electron chi connectivity index (χ4n) is 2.04. The third-order valence-corrected chi connectivity index (χ3v) is 4.77. The van der Waals surface area contributed by atoms with Crippen molar-refractivity contribution in [2.75, 3.05) is 32.0 Å². The van der Waals surface area contributed by atoms with E-state index in [1.807, 2.05) is 6.92 Å². The number of sulfonamides is 1. The Labute approximate surface area is 108 Å². The lowest BCUT2D eigenvalue weighted by molar-refractivity contribution is 0.148. The van der Waals surface area contributed by atoms with Crippen molar-refractivity contribution < 1.29 is 13.2 Å². The molecule has 1 heterocycles. The van der Waals surface area contributed by atoms with Crippen LogP contribution in [0.1, 0.15) is 12.0 Å². The van der Waals surface area contributed by atoms with Crippen molar-refractivity contribution in [2.24, 2.45) is 0 Å². The third-order valence-electron chi connectivity index (χ3n) is 2.89. The molecule has 0 radical (unpaired) electrons. The second kappa shape index (κ2) is 5.26. The van der Waals surface area contributed by atoms with E-state index in [4.69, 9.17) is 10.5 Å². The van der Waals surface area contributed by atoms with Crippen LogP contribution in [0.4, 0.5) is 5.69 Å². The highest BCUT2D eigenvalue weighted by Crippen LogP contribution is 2.21. The predicted molar refractivity (Wildman–Crippen MR) is 69.8 cm³/mol. The first-order valence-electron chi connectivity index (χ1n) is 5.95. The molecule has 1 aromatic carbocycles. The summed E-state index contributed by atoms with van der Waals surface area (Å²) in [5, 5.41) is 0. The van der Waals surface area contributed by atoms with Gasteiger partial charge in [-0.05, 0) is 37.1 Å². The maximum Gasteiger partial charge on any atom is 0.243 e. The van der Waals surface area contributed by atoms with Crippen LogP contribution in [-0.4, -0.2) is 39.0 Å². The first kappa shape index (κ1) is 13.3. The number of hydrogen-bond acceptors (Lipinski definition) is 4. The number of benzene rings is 1. The van der Waals surface area contributed by atoms with Crippen molar-refractivity contribution in [3.63, 3.8) is 0 Å². The fraction of sp³-hybridized carbons (Fsp3) is 0.500. The number of hydrogen-bond donors (Lipinski definition) is 1. The molecule has 0 unspecified atom stereocenters. The molecule has 0 amide bonds. The molecule has 1 aliphatic heterocycles. The van der Waals surface area contributed by atoms with E-state index in [0.29, 0.717) is 32.0 Å². The van der Waals surface area contributed by atoms with E-state index < -0.39 is 10.0 Å². The summed E-state index contributed by atoms with van der Waals surface area (Å²) in [5.41, 5.74) is 7.03. The molecular formula is C12H18N2O3S. The highest BCUT2D eigenvalue weighted by molar-refractivity contribution is 7.89. The van der Waals surface area contributed by atoms with Crippen LogP contribution >= 0.6 is 0 Å². The Bertz CT molecular complexity index is 500. The van der Waals surface area contributed by atoms with E-state index in [-0.39, 0.29) is 4.90 Å². The lowest BCUT2D eigenvalue weighted by Crippen LogP contribution is -2.33. The van der Waals surface area contributed by atoms with Gasteiger partial charge in [-0.25, -0.2) is 8.42 Å². The Morgan fingerprint density at radius 2 is 2.00 bits per heavy atom. The minimum Gasteiger partial charge on any atom is -0.399 e. The average molecular weight is 270 g/mol. The second-order valence-electron chi connectivity index (χ2n) is 4.45. The average Bonchev–Trinajstić information content (AvgIpc) is 2.56. The van der Waals surface area contributed by atoms with Gasteiger partial charge in [-0.2, -0.15) is 4.31 Å². The first-order chi connectivity index (χ1) is 8.50.